The number of hydrogen-bond donors (Lipinski definition) is 0. The minimum Gasteiger partial charge on any atom is -0.287 e. The quantitative estimate of drug-likeness (QED) is 0.511. The minimum absolute atomic E-state index is 0.0435. The van der Waals surface area contributed by atoms with Gasteiger partial charge in [0.1, 0.15) is 0 Å². The Kier molecular flexibility index (Phi) is 2.48. The molecule has 0 bridgehead atoms. The average molecular weight is 151 g/mol. The summed E-state index contributed by atoms with van der Waals surface area (Å²) in [5.41, 5.74) is 1.59. The molecule has 0 aliphatic carbocycles. The van der Waals surface area contributed by atoms with Gasteiger partial charge in [-0.2, -0.15) is 0 Å². The number of allylic oxidation sites excluding steroid dienone is 1. The third-order valence-corrected chi connectivity index (χ3v) is 2.03. The Balaban J connectivity index is 2.79. The van der Waals surface area contributed by atoms with Crippen LogP contribution in [0.25, 0.3) is 0 Å². The molecule has 1 aliphatic heterocycles. The van der Waals surface area contributed by atoms with Crippen molar-refractivity contribution in [3.05, 3.63) is 11.6 Å². The summed E-state index contributed by atoms with van der Waals surface area (Å²) >= 11 is 0. The van der Waals surface area contributed by atoms with Crippen molar-refractivity contribution < 1.29 is 0 Å². The van der Waals surface area contributed by atoms with Crippen molar-refractivity contribution in [1.82, 2.24) is 0 Å². The molecule has 0 atom stereocenters. The molecular weight excluding hydrogens is 134 g/mol. The molecule has 1 aliphatic rings. The normalized spacial score (nSPS) is 22.6. The van der Waals surface area contributed by atoms with Crippen molar-refractivity contribution in [3.63, 3.8) is 0 Å². The summed E-state index contributed by atoms with van der Waals surface area (Å²) < 4.78 is 0. The maximum Gasteiger partial charge on any atom is 0.0730 e. The molecule has 0 spiro atoms. The Bertz CT molecular complexity index is 187. The highest BCUT2D eigenvalue weighted by Crippen LogP contribution is 2.21. The molecule has 0 aromatic heterocycles. The smallest absolute Gasteiger partial charge is 0.0730 e. The van der Waals surface area contributed by atoms with Crippen molar-refractivity contribution in [2.24, 2.45) is 4.99 Å². The zero-order valence-electron chi connectivity index (χ0n) is 7.72. The number of nitrogens with zero attached hydrogens (tertiary/aromatic N) is 1. The maximum atomic E-state index is 4.45. The molecule has 1 nitrogen and oxygen atoms in total. The first kappa shape index (κ1) is 8.51. The van der Waals surface area contributed by atoms with Crippen LogP contribution in [0.15, 0.2) is 16.6 Å². The molecule has 0 saturated carbocycles. The van der Waals surface area contributed by atoms with Crippen LogP contribution >= 0.6 is 0 Å². The predicted octanol–water partition coefficient (Wildman–Crippen LogP) is 2.97. The van der Waals surface area contributed by atoms with Gasteiger partial charge in [0.15, 0.2) is 0 Å². The fraction of sp³-hybridized carbons (Fsp3) is 0.700. The third-order valence-electron chi connectivity index (χ3n) is 2.03. The Labute approximate surface area is 69.2 Å². The second-order valence-corrected chi connectivity index (χ2v) is 3.66. The average Bonchev–Trinajstić information content (AvgIpc) is 2.10. The summed E-state index contributed by atoms with van der Waals surface area (Å²) in [5.74, 6) is 0. The summed E-state index contributed by atoms with van der Waals surface area (Å²) in [6.07, 6.45) is 7.84. The lowest BCUT2D eigenvalue weighted by Crippen LogP contribution is -2.12. The van der Waals surface area contributed by atoms with Crippen LogP contribution in [0.2, 0.25) is 0 Å². The van der Waals surface area contributed by atoms with Gasteiger partial charge in [0.05, 0.1) is 5.54 Å². The van der Waals surface area contributed by atoms with Crippen molar-refractivity contribution >= 4 is 6.21 Å². The predicted molar refractivity (Wildman–Crippen MR) is 50.2 cm³/mol. The zero-order chi connectivity index (χ0) is 8.32. The van der Waals surface area contributed by atoms with Crippen LogP contribution in [0, 0.1) is 0 Å². The fourth-order valence-electron chi connectivity index (χ4n) is 1.44. The van der Waals surface area contributed by atoms with Gasteiger partial charge >= 0.3 is 0 Å². The molecule has 0 unspecified atom stereocenters. The molecule has 1 rings (SSSR count). The van der Waals surface area contributed by atoms with Crippen LogP contribution in [-0.4, -0.2) is 11.8 Å². The van der Waals surface area contributed by atoms with Crippen LogP contribution in [0.1, 0.15) is 40.0 Å². The minimum atomic E-state index is 0.0435. The topological polar surface area (TPSA) is 12.4 Å². The van der Waals surface area contributed by atoms with Crippen LogP contribution in [-0.2, 0) is 0 Å². The van der Waals surface area contributed by atoms with Crippen LogP contribution < -0.4 is 0 Å². The maximum absolute atomic E-state index is 4.45. The second kappa shape index (κ2) is 3.21. The van der Waals surface area contributed by atoms with Gasteiger partial charge in [-0.05, 0) is 33.1 Å². The first-order valence-electron chi connectivity index (χ1n) is 4.38. The van der Waals surface area contributed by atoms with Crippen molar-refractivity contribution in [1.29, 1.82) is 0 Å². The zero-order valence-corrected chi connectivity index (χ0v) is 7.72. The largest absolute Gasteiger partial charge is 0.287 e. The van der Waals surface area contributed by atoms with Gasteiger partial charge in [0, 0.05) is 6.21 Å². The van der Waals surface area contributed by atoms with Crippen LogP contribution in [0.5, 0.6) is 0 Å². The van der Waals surface area contributed by atoms with E-state index in [0.717, 1.165) is 6.42 Å². The van der Waals surface area contributed by atoms with Crippen LogP contribution in [0.4, 0.5) is 0 Å². The van der Waals surface area contributed by atoms with Gasteiger partial charge < -0.3 is 0 Å². The number of rotatable bonds is 1. The highest BCUT2D eigenvalue weighted by molar-refractivity contribution is 5.59. The summed E-state index contributed by atoms with van der Waals surface area (Å²) in [7, 11) is 0. The molecule has 0 radical (unpaired) electrons. The summed E-state index contributed by atoms with van der Waals surface area (Å²) in [6.45, 7) is 6.53. The SMILES string of the molecule is CCC1=CC(C)(C)N=CCC1. The first-order valence-corrected chi connectivity index (χ1v) is 4.38. The molecule has 11 heavy (non-hydrogen) atoms. The Hall–Kier alpha value is -0.590. The Morgan fingerprint density at radius 1 is 1.55 bits per heavy atom. The molecule has 0 amide bonds. The Morgan fingerprint density at radius 2 is 2.27 bits per heavy atom. The fourth-order valence-corrected chi connectivity index (χ4v) is 1.44. The molecule has 1 heterocycles. The highest BCUT2D eigenvalue weighted by atomic mass is 14.8. The van der Waals surface area contributed by atoms with E-state index in [1.54, 1.807) is 5.57 Å². The molecular formula is C10H17N. The van der Waals surface area contributed by atoms with Gasteiger partial charge in [-0.15, -0.1) is 0 Å². The van der Waals surface area contributed by atoms with E-state index >= 15 is 0 Å². The lowest BCUT2D eigenvalue weighted by atomic mass is 10.00. The molecule has 62 valence electrons. The van der Waals surface area contributed by atoms with E-state index < -0.39 is 0 Å². The molecule has 0 saturated heterocycles. The van der Waals surface area contributed by atoms with Gasteiger partial charge in [0.25, 0.3) is 0 Å². The third kappa shape index (κ3) is 2.49. The second-order valence-electron chi connectivity index (χ2n) is 3.66. The molecule has 0 aromatic carbocycles. The summed E-state index contributed by atoms with van der Waals surface area (Å²) in [6, 6.07) is 0. The van der Waals surface area contributed by atoms with Gasteiger partial charge in [0.2, 0.25) is 0 Å². The Morgan fingerprint density at radius 3 is 2.91 bits per heavy atom. The standard InChI is InChI=1S/C10H17N/c1-4-9-6-5-7-11-10(2,3)8-9/h7-8H,4-6H2,1-3H3. The molecule has 0 N–H and O–H groups in total. The van der Waals surface area contributed by atoms with Crippen molar-refractivity contribution in [2.45, 2.75) is 45.6 Å². The van der Waals surface area contributed by atoms with E-state index in [1.165, 1.54) is 12.8 Å². The van der Waals surface area contributed by atoms with Gasteiger partial charge in [-0.25, -0.2) is 0 Å². The number of aliphatic imine (C=N–C) groups is 1. The lowest BCUT2D eigenvalue weighted by Gasteiger charge is -2.14. The number of hydrogen-bond acceptors (Lipinski definition) is 1. The van der Waals surface area contributed by atoms with Crippen molar-refractivity contribution in [3.8, 4) is 0 Å². The van der Waals surface area contributed by atoms with E-state index in [1.807, 2.05) is 0 Å². The van der Waals surface area contributed by atoms with Crippen molar-refractivity contribution in [2.75, 3.05) is 0 Å². The van der Waals surface area contributed by atoms with Gasteiger partial charge in [-0.1, -0.05) is 18.6 Å². The van der Waals surface area contributed by atoms with E-state index in [-0.39, 0.29) is 5.54 Å². The molecule has 0 fully saturated rings. The summed E-state index contributed by atoms with van der Waals surface area (Å²) in [4.78, 5) is 4.45. The van der Waals surface area contributed by atoms with Gasteiger partial charge in [-0.3, -0.25) is 4.99 Å². The van der Waals surface area contributed by atoms with E-state index in [0.29, 0.717) is 0 Å². The molecule has 0 aromatic rings. The van der Waals surface area contributed by atoms with Crippen LogP contribution in [0.3, 0.4) is 0 Å². The lowest BCUT2D eigenvalue weighted by molar-refractivity contribution is 0.655. The van der Waals surface area contributed by atoms with E-state index in [9.17, 15) is 0 Å². The monoisotopic (exact) mass is 151 g/mol. The first-order chi connectivity index (χ1) is 5.14. The van der Waals surface area contributed by atoms with E-state index in [2.05, 4.69) is 38.1 Å². The molecule has 1 heteroatoms. The van der Waals surface area contributed by atoms with E-state index in [4.69, 9.17) is 0 Å². The highest BCUT2D eigenvalue weighted by Gasteiger charge is 2.14. The summed E-state index contributed by atoms with van der Waals surface area (Å²) in [5, 5.41) is 0.